The summed E-state index contributed by atoms with van der Waals surface area (Å²) in [5.74, 6) is -0.120. The summed E-state index contributed by atoms with van der Waals surface area (Å²) >= 11 is 7.66. The number of thiazole rings is 1. The van der Waals surface area contributed by atoms with Gasteiger partial charge in [0.05, 0.1) is 0 Å². The number of hydrogen-bond acceptors (Lipinski definition) is 5. The summed E-state index contributed by atoms with van der Waals surface area (Å²) in [6.45, 7) is 1.55. The lowest BCUT2D eigenvalue weighted by Gasteiger charge is -2.34. The number of amides is 1. The van der Waals surface area contributed by atoms with Crippen LogP contribution in [0.4, 0.5) is 5.13 Å². The zero-order chi connectivity index (χ0) is 17.0. The van der Waals surface area contributed by atoms with E-state index in [9.17, 15) is 4.79 Å². The van der Waals surface area contributed by atoms with Gasteiger partial charge in [-0.3, -0.25) is 10.1 Å². The number of aromatic nitrogens is 1. The van der Waals surface area contributed by atoms with Gasteiger partial charge >= 0.3 is 0 Å². The fourth-order valence-electron chi connectivity index (χ4n) is 2.84. The van der Waals surface area contributed by atoms with Gasteiger partial charge in [-0.15, -0.1) is 23.7 Å². The first-order valence-corrected chi connectivity index (χ1v) is 9.08. The molecule has 0 aliphatic carbocycles. The number of carbonyl (C=O) groups excluding carboxylic acids is 1. The number of nitrogens with zero attached hydrogens (tertiary/aromatic N) is 1. The van der Waals surface area contributed by atoms with Crippen LogP contribution in [0.5, 0.6) is 0 Å². The molecule has 2 heterocycles. The van der Waals surface area contributed by atoms with Gasteiger partial charge in [0.1, 0.15) is 5.60 Å². The molecule has 1 aliphatic rings. The summed E-state index contributed by atoms with van der Waals surface area (Å²) in [6.07, 6.45) is 3.80. The van der Waals surface area contributed by atoms with E-state index in [0.29, 0.717) is 24.4 Å². The number of carbonyl (C=O) groups is 1. The van der Waals surface area contributed by atoms with Crippen LogP contribution in [0.25, 0.3) is 0 Å². The Bertz CT molecular complexity index is 717. The lowest BCUT2D eigenvalue weighted by atomic mass is 9.91. The van der Waals surface area contributed by atoms with Gasteiger partial charge < -0.3 is 10.1 Å². The largest absolute Gasteiger partial charge is 0.368 e. The molecule has 1 aromatic carbocycles. The molecule has 5 nitrogen and oxygen atoms in total. The topological polar surface area (TPSA) is 63.2 Å². The lowest BCUT2D eigenvalue weighted by Crippen LogP contribution is -2.51. The first kappa shape index (κ1) is 20.1. The first-order valence-electron chi connectivity index (χ1n) is 7.88. The molecule has 0 bridgehead atoms. The monoisotopic (exact) mass is 401 g/mol. The van der Waals surface area contributed by atoms with Gasteiger partial charge in [-0.1, -0.05) is 29.8 Å². The van der Waals surface area contributed by atoms with E-state index < -0.39 is 5.60 Å². The molecule has 0 unspecified atom stereocenters. The van der Waals surface area contributed by atoms with E-state index >= 15 is 0 Å². The van der Waals surface area contributed by atoms with Gasteiger partial charge in [-0.2, -0.15) is 0 Å². The van der Waals surface area contributed by atoms with E-state index in [1.54, 1.807) is 13.3 Å². The smallest absolute Gasteiger partial charge is 0.258 e. The fraction of sp³-hybridized carbons (Fsp3) is 0.412. The minimum absolute atomic E-state index is 0. The van der Waals surface area contributed by atoms with Gasteiger partial charge in [0.25, 0.3) is 5.91 Å². The highest BCUT2D eigenvalue weighted by Crippen LogP contribution is 2.28. The molecule has 8 heteroatoms. The number of piperidine rings is 1. The summed E-state index contributed by atoms with van der Waals surface area (Å²) in [5, 5.41) is 7.49. The first-order chi connectivity index (χ1) is 11.6. The molecule has 0 saturated carbocycles. The maximum Gasteiger partial charge on any atom is 0.258 e. The van der Waals surface area contributed by atoms with Gasteiger partial charge in [0.15, 0.2) is 5.13 Å². The minimum Gasteiger partial charge on any atom is -0.368 e. The Morgan fingerprint density at radius 1 is 1.40 bits per heavy atom. The number of halogens is 2. The van der Waals surface area contributed by atoms with Crippen molar-refractivity contribution in [1.29, 1.82) is 0 Å². The second-order valence-electron chi connectivity index (χ2n) is 5.80. The SMILES string of the molecule is COC1(C(=O)Nc2ncc(Cc3ccccc3Cl)s2)CCNCC1.Cl. The molecule has 1 amide bonds. The molecule has 0 spiro atoms. The number of hydrogen-bond donors (Lipinski definition) is 2. The highest BCUT2D eigenvalue weighted by atomic mass is 35.5. The zero-order valence-electron chi connectivity index (χ0n) is 13.9. The third kappa shape index (κ3) is 4.71. The number of nitrogens with one attached hydrogen (secondary N) is 2. The maximum atomic E-state index is 12.6. The Morgan fingerprint density at radius 3 is 2.80 bits per heavy atom. The standard InChI is InChI=1S/C17H20ClN3O2S.ClH/c1-23-17(6-8-19-9-7-17)15(22)21-16-20-11-13(24-16)10-12-4-2-3-5-14(12)18;/h2-5,11,19H,6-10H2,1H3,(H,20,21,22);1H. The van der Waals surface area contributed by atoms with E-state index in [1.165, 1.54) is 11.3 Å². The molecule has 1 aromatic heterocycles. The molecule has 1 saturated heterocycles. The molecule has 0 atom stereocenters. The molecular weight excluding hydrogens is 381 g/mol. The van der Waals surface area contributed by atoms with Crippen LogP contribution in [0, 0.1) is 0 Å². The minimum atomic E-state index is -0.764. The molecule has 2 aromatic rings. The second kappa shape index (κ2) is 8.96. The lowest BCUT2D eigenvalue weighted by molar-refractivity contribution is -0.140. The Morgan fingerprint density at radius 2 is 2.12 bits per heavy atom. The van der Waals surface area contributed by atoms with Crippen LogP contribution >= 0.6 is 35.3 Å². The van der Waals surface area contributed by atoms with Crippen LogP contribution in [-0.4, -0.2) is 36.7 Å². The number of benzene rings is 1. The predicted octanol–water partition coefficient (Wildman–Crippen LogP) is 3.52. The third-order valence-corrected chi connectivity index (χ3v) is 5.59. The van der Waals surface area contributed by atoms with E-state index in [-0.39, 0.29) is 18.3 Å². The summed E-state index contributed by atoms with van der Waals surface area (Å²) in [6, 6.07) is 7.74. The van der Waals surface area contributed by atoms with Gasteiger partial charge in [-0.05, 0) is 37.6 Å². The number of methoxy groups -OCH3 is 1. The summed E-state index contributed by atoms with van der Waals surface area (Å²) in [4.78, 5) is 18.0. The normalized spacial score (nSPS) is 16.1. The Labute approximate surface area is 162 Å². The van der Waals surface area contributed by atoms with Gasteiger partial charge in [0, 0.05) is 29.6 Å². The summed E-state index contributed by atoms with van der Waals surface area (Å²) in [7, 11) is 1.59. The van der Waals surface area contributed by atoms with Crippen LogP contribution in [0.1, 0.15) is 23.3 Å². The Balaban J connectivity index is 0.00000225. The highest BCUT2D eigenvalue weighted by Gasteiger charge is 2.40. The highest BCUT2D eigenvalue weighted by molar-refractivity contribution is 7.15. The van der Waals surface area contributed by atoms with Gasteiger partial charge in [-0.25, -0.2) is 4.98 Å². The molecule has 1 fully saturated rings. The fourth-order valence-corrected chi connectivity index (χ4v) is 3.88. The molecule has 2 N–H and O–H groups in total. The zero-order valence-corrected chi connectivity index (χ0v) is 16.3. The van der Waals surface area contributed by atoms with E-state index in [0.717, 1.165) is 28.6 Å². The molecule has 25 heavy (non-hydrogen) atoms. The molecule has 1 aliphatic heterocycles. The van der Waals surface area contributed by atoms with Crippen LogP contribution in [0.3, 0.4) is 0 Å². The molecule has 3 rings (SSSR count). The Kier molecular flexibility index (Phi) is 7.22. The van der Waals surface area contributed by atoms with Crippen molar-refractivity contribution in [3.63, 3.8) is 0 Å². The van der Waals surface area contributed by atoms with E-state index in [2.05, 4.69) is 15.6 Å². The molecule has 136 valence electrons. The van der Waals surface area contributed by atoms with Crippen LogP contribution in [0.2, 0.25) is 5.02 Å². The quantitative estimate of drug-likeness (QED) is 0.804. The Hall–Kier alpha value is -1.18. The van der Waals surface area contributed by atoms with Crippen molar-refractivity contribution < 1.29 is 9.53 Å². The van der Waals surface area contributed by atoms with Crippen molar-refractivity contribution in [2.24, 2.45) is 0 Å². The number of anilines is 1. The van der Waals surface area contributed by atoms with E-state index in [1.807, 2.05) is 24.3 Å². The second-order valence-corrected chi connectivity index (χ2v) is 7.32. The van der Waals surface area contributed by atoms with Crippen molar-refractivity contribution in [2.75, 3.05) is 25.5 Å². The predicted molar refractivity (Wildman–Crippen MR) is 104 cm³/mol. The van der Waals surface area contributed by atoms with Crippen LogP contribution in [-0.2, 0) is 16.0 Å². The van der Waals surface area contributed by atoms with Crippen molar-refractivity contribution in [3.05, 3.63) is 45.9 Å². The average Bonchev–Trinajstić information content (AvgIpc) is 3.04. The molecule has 0 radical (unpaired) electrons. The van der Waals surface area contributed by atoms with Gasteiger partial charge in [0.2, 0.25) is 0 Å². The summed E-state index contributed by atoms with van der Waals surface area (Å²) in [5.41, 5.74) is 0.284. The number of ether oxygens (including phenoxy) is 1. The summed E-state index contributed by atoms with van der Waals surface area (Å²) < 4.78 is 5.54. The third-order valence-electron chi connectivity index (χ3n) is 4.31. The molecular formula is C17H21Cl2N3O2S. The van der Waals surface area contributed by atoms with Crippen molar-refractivity contribution in [2.45, 2.75) is 24.9 Å². The van der Waals surface area contributed by atoms with Crippen molar-refractivity contribution in [3.8, 4) is 0 Å². The van der Waals surface area contributed by atoms with Crippen LogP contribution in [0.15, 0.2) is 30.5 Å². The van der Waals surface area contributed by atoms with Crippen molar-refractivity contribution >= 4 is 46.4 Å². The van der Waals surface area contributed by atoms with Crippen LogP contribution < -0.4 is 10.6 Å². The number of rotatable bonds is 5. The van der Waals surface area contributed by atoms with Crippen molar-refractivity contribution in [1.82, 2.24) is 10.3 Å². The van der Waals surface area contributed by atoms with E-state index in [4.69, 9.17) is 16.3 Å². The average molecular weight is 402 g/mol. The maximum absolute atomic E-state index is 12.6.